The summed E-state index contributed by atoms with van der Waals surface area (Å²) in [7, 11) is -3.79. The van der Waals surface area contributed by atoms with Crippen molar-refractivity contribution in [1.29, 1.82) is 0 Å². The molecule has 2 fully saturated rings. The fourth-order valence-electron chi connectivity index (χ4n) is 3.94. The Morgan fingerprint density at radius 1 is 0.955 bits per heavy atom. The van der Waals surface area contributed by atoms with Crippen LogP contribution in [-0.2, 0) is 19.6 Å². The molecule has 2 amide bonds. The summed E-state index contributed by atoms with van der Waals surface area (Å²) in [4.78, 5) is 26.3. The van der Waals surface area contributed by atoms with Crippen LogP contribution in [0.1, 0.15) is 6.42 Å². The third kappa shape index (κ3) is 1.72. The van der Waals surface area contributed by atoms with Crippen LogP contribution in [0.25, 0.3) is 0 Å². The van der Waals surface area contributed by atoms with Gasteiger partial charge in [-0.25, -0.2) is 13.6 Å². The van der Waals surface area contributed by atoms with Gasteiger partial charge in [-0.05, 0) is 42.5 Å². The second-order valence-corrected chi connectivity index (χ2v) is 7.61. The minimum atomic E-state index is -3.79. The molecule has 0 radical (unpaired) electrons. The second-order valence-electron chi connectivity index (χ2n) is 6.05. The van der Waals surface area contributed by atoms with Crippen LogP contribution in [0.15, 0.2) is 41.3 Å². The van der Waals surface area contributed by atoms with Crippen molar-refractivity contribution in [1.82, 2.24) is 0 Å². The first-order chi connectivity index (χ1) is 10.4. The third-order valence-corrected chi connectivity index (χ3v) is 5.82. The van der Waals surface area contributed by atoms with Crippen molar-refractivity contribution in [3.8, 4) is 0 Å². The average Bonchev–Trinajstić information content (AvgIpc) is 3.12. The number of nitrogens with zero attached hydrogens (tertiary/aromatic N) is 1. The molecule has 0 unspecified atom stereocenters. The summed E-state index contributed by atoms with van der Waals surface area (Å²) in [5.41, 5.74) is 0.399. The highest BCUT2D eigenvalue weighted by atomic mass is 32.2. The van der Waals surface area contributed by atoms with Crippen LogP contribution in [0, 0.1) is 23.7 Å². The number of carbonyl (C=O) groups excluding carboxylic acids is 2. The van der Waals surface area contributed by atoms with Crippen molar-refractivity contribution in [2.45, 2.75) is 11.3 Å². The van der Waals surface area contributed by atoms with Crippen LogP contribution in [0.2, 0.25) is 0 Å². The maximum absolute atomic E-state index is 12.6. The minimum absolute atomic E-state index is 0.0442. The van der Waals surface area contributed by atoms with E-state index in [1.807, 2.05) is 12.2 Å². The Labute approximate surface area is 127 Å². The molecule has 1 heterocycles. The molecule has 1 saturated heterocycles. The number of allylic oxidation sites excluding steroid dienone is 2. The molecule has 22 heavy (non-hydrogen) atoms. The summed E-state index contributed by atoms with van der Waals surface area (Å²) in [6, 6.07) is 5.52. The number of amides is 2. The molecule has 114 valence electrons. The highest BCUT2D eigenvalue weighted by Gasteiger charge is 2.59. The molecule has 2 bridgehead atoms. The van der Waals surface area contributed by atoms with Gasteiger partial charge in [0.2, 0.25) is 21.8 Å². The number of anilines is 1. The molecule has 3 aliphatic rings. The van der Waals surface area contributed by atoms with E-state index >= 15 is 0 Å². The molecule has 6 nitrogen and oxygen atoms in total. The molecular formula is C15H14N2O4S. The molecular weight excluding hydrogens is 304 g/mol. The van der Waals surface area contributed by atoms with Crippen molar-refractivity contribution in [2.75, 3.05) is 4.90 Å². The molecule has 2 N–H and O–H groups in total. The predicted molar refractivity (Wildman–Crippen MR) is 78.0 cm³/mol. The molecule has 0 spiro atoms. The van der Waals surface area contributed by atoms with Crippen LogP contribution in [0.5, 0.6) is 0 Å². The van der Waals surface area contributed by atoms with E-state index in [9.17, 15) is 18.0 Å². The van der Waals surface area contributed by atoms with E-state index < -0.39 is 10.0 Å². The fourth-order valence-corrected chi connectivity index (χ4v) is 4.46. The summed E-state index contributed by atoms with van der Waals surface area (Å²) < 4.78 is 22.5. The van der Waals surface area contributed by atoms with E-state index in [0.717, 1.165) is 6.42 Å². The van der Waals surface area contributed by atoms with Crippen LogP contribution < -0.4 is 10.0 Å². The van der Waals surface area contributed by atoms with Crippen molar-refractivity contribution in [3.05, 3.63) is 36.4 Å². The Morgan fingerprint density at radius 2 is 1.45 bits per heavy atom. The highest BCUT2D eigenvalue weighted by molar-refractivity contribution is 7.89. The van der Waals surface area contributed by atoms with Gasteiger partial charge in [-0.15, -0.1) is 0 Å². The van der Waals surface area contributed by atoms with Gasteiger partial charge in [0.1, 0.15) is 0 Å². The van der Waals surface area contributed by atoms with Gasteiger partial charge in [-0.1, -0.05) is 12.2 Å². The largest absolute Gasteiger partial charge is 0.274 e. The van der Waals surface area contributed by atoms with Crippen LogP contribution >= 0.6 is 0 Å². The van der Waals surface area contributed by atoms with E-state index in [2.05, 4.69) is 0 Å². The van der Waals surface area contributed by atoms with Gasteiger partial charge in [0.15, 0.2) is 0 Å². The van der Waals surface area contributed by atoms with Crippen molar-refractivity contribution in [2.24, 2.45) is 28.8 Å². The zero-order chi connectivity index (χ0) is 15.6. The molecule has 0 aromatic heterocycles. The van der Waals surface area contributed by atoms with Gasteiger partial charge in [-0.3, -0.25) is 14.5 Å². The molecule has 1 saturated carbocycles. The van der Waals surface area contributed by atoms with Crippen LogP contribution in [0.4, 0.5) is 5.69 Å². The number of benzene rings is 1. The van der Waals surface area contributed by atoms with Gasteiger partial charge in [0.05, 0.1) is 22.4 Å². The Hall–Kier alpha value is -1.99. The first-order valence-corrected chi connectivity index (χ1v) is 8.61. The zero-order valence-corrected chi connectivity index (χ0v) is 12.4. The van der Waals surface area contributed by atoms with Gasteiger partial charge >= 0.3 is 0 Å². The lowest BCUT2D eigenvalue weighted by molar-refractivity contribution is -0.123. The summed E-state index contributed by atoms with van der Waals surface area (Å²) in [6.45, 7) is 0. The molecule has 7 heteroatoms. The number of rotatable bonds is 2. The number of carbonyl (C=O) groups is 2. The summed E-state index contributed by atoms with van der Waals surface area (Å²) in [5, 5.41) is 5.05. The number of sulfonamides is 1. The smallest absolute Gasteiger partial charge is 0.238 e. The number of hydrogen-bond donors (Lipinski definition) is 1. The minimum Gasteiger partial charge on any atom is -0.274 e. The van der Waals surface area contributed by atoms with Gasteiger partial charge in [0, 0.05) is 0 Å². The van der Waals surface area contributed by atoms with E-state index in [1.54, 1.807) is 0 Å². The number of nitrogens with two attached hydrogens (primary N) is 1. The first kappa shape index (κ1) is 13.7. The number of hydrogen-bond acceptors (Lipinski definition) is 4. The topological polar surface area (TPSA) is 97.5 Å². The lowest BCUT2D eigenvalue weighted by Crippen LogP contribution is -2.32. The van der Waals surface area contributed by atoms with E-state index in [1.165, 1.54) is 29.2 Å². The monoisotopic (exact) mass is 318 g/mol. The normalized spacial score (nSPS) is 32.9. The van der Waals surface area contributed by atoms with Crippen molar-refractivity contribution in [3.63, 3.8) is 0 Å². The predicted octanol–water partition coefficient (Wildman–Crippen LogP) is 0.645. The summed E-state index contributed by atoms with van der Waals surface area (Å²) in [5.74, 6) is -0.591. The molecule has 1 aromatic carbocycles. The lowest BCUT2D eigenvalue weighted by atomic mass is 9.85. The third-order valence-electron chi connectivity index (χ3n) is 4.89. The van der Waals surface area contributed by atoms with Crippen molar-refractivity contribution >= 4 is 27.5 Å². The molecule has 4 atom stereocenters. The van der Waals surface area contributed by atoms with Gasteiger partial charge in [-0.2, -0.15) is 0 Å². The highest BCUT2D eigenvalue weighted by Crippen LogP contribution is 2.53. The Kier molecular flexibility index (Phi) is 2.65. The van der Waals surface area contributed by atoms with E-state index in [4.69, 9.17) is 5.14 Å². The Balaban J connectivity index is 1.70. The van der Waals surface area contributed by atoms with Crippen LogP contribution in [0.3, 0.4) is 0 Å². The molecule has 2 aliphatic carbocycles. The summed E-state index contributed by atoms with van der Waals surface area (Å²) >= 11 is 0. The van der Waals surface area contributed by atoms with Gasteiger partial charge < -0.3 is 0 Å². The van der Waals surface area contributed by atoms with Gasteiger partial charge in [0.25, 0.3) is 0 Å². The Bertz CT molecular complexity index is 782. The second kappa shape index (κ2) is 4.27. The number of fused-ring (bicyclic) bond motifs is 5. The quantitative estimate of drug-likeness (QED) is 0.639. The number of imide groups is 1. The maximum atomic E-state index is 12.6. The zero-order valence-electron chi connectivity index (χ0n) is 11.5. The van der Waals surface area contributed by atoms with Crippen molar-refractivity contribution < 1.29 is 18.0 Å². The fraction of sp³-hybridized carbons (Fsp3) is 0.333. The SMILES string of the molecule is NS(=O)(=O)c1ccc(N2C(=O)[C@@H]3[C@H](C2=O)[C@@H]2C=C[C@H]3C2)cc1. The number of primary sulfonamides is 1. The molecule has 4 rings (SSSR count). The first-order valence-electron chi connectivity index (χ1n) is 7.07. The van der Waals surface area contributed by atoms with Crippen LogP contribution in [-0.4, -0.2) is 20.2 Å². The van der Waals surface area contributed by atoms with E-state index in [0.29, 0.717) is 5.69 Å². The standard InChI is InChI=1S/C15H14N2O4S/c16-22(20,21)11-5-3-10(4-6-11)17-14(18)12-8-1-2-9(7-8)13(12)15(17)19/h1-6,8-9,12-13H,7H2,(H2,16,20,21)/t8-,9+,12-,13+. The van der Waals surface area contributed by atoms with E-state index in [-0.39, 0.29) is 40.4 Å². The maximum Gasteiger partial charge on any atom is 0.238 e. The average molecular weight is 318 g/mol. The Morgan fingerprint density at radius 3 is 1.91 bits per heavy atom. The summed E-state index contributed by atoms with van der Waals surface area (Å²) in [6.07, 6.45) is 4.94. The molecule has 1 aromatic rings. The lowest BCUT2D eigenvalue weighted by Gasteiger charge is -2.17. The molecule has 1 aliphatic heterocycles.